The van der Waals surface area contributed by atoms with E-state index in [0.717, 1.165) is 12.1 Å². The molecule has 0 saturated heterocycles. The summed E-state index contributed by atoms with van der Waals surface area (Å²) in [4.78, 5) is 29.6. The van der Waals surface area contributed by atoms with E-state index in [4.69, 9.17) is 4.74 Å². The number of methoxy groups -OCH3 is 2. The van der Waals surface area contributed by atoms with Crippen LogP contribution in [0.1, 0.15) is 21.9 Å². The number of nitrogens with one attached hydrogen (secondary N) is 1. The van der Waals surface area contributed by atoms with Crippen LogP contribution in [0.25, 0.3) is 0 Å². The number of amides is 2. The summed E-state index contributed by atoms with van der Waals surface area (Å²) in [6.07, 6.45) is 0.547. The van der Waals surface area contributed by atoms with Gasteiger partial charge in [0.1, 0.15) is 16.6 Å². The summed E-state index contributed by atoms with van der Waals surface area (Å²) in [6.45, 7) is 0.857. The molecule has 1 heterocycles. The van der Waals surface area contributed by atoms with Gasteiger partial charge in [0.2, 0.25) is 0 Å². The average Bonchev–Trinajstić information content (AvgIpc) is 3.11. The minimum atomic E-state index is -0.873. The zero-order valence-electron chi connectivity index (χ0n) is 14.8. The SMILES string of the molecule is COCCCN(Cc1nc(C(=O)OC)cs1)C(=O)Nc1ccc(F)cc1F. The van der Waals surface area contributed by atoms with Crippen LogP contribution in [0.2, 0.25) is 0 Å². The molecule has 0 spiro atoms. The maximum Gasteiger partial charge on any atom is 0.357 e. The number of anilines is 1. The molecule has 0 aliphatic rings. The molecule has 0 atom stereocenters. The summed E-state index contributed by atoms with van der Waals surface area (Å²) < 4.78 is 36.4. The Morgan fingerprint density at radius 1 is 1.30 bits per heavy atom. The number of benzene rings is 1. The predicted octanol–water partition coefficient (Wildman–Crippen LogP) is 3.28. The van der Waals surface area contributed by atoms with Gasteiger partial charge in [-0.15, -0.1) is 11.3 Å². The third kappa shape index (κ3) is 5.97. The molecule has 10 heteroatoms. The monoisotopic (exact) mass is 399 g/mol. The highest BCUT2D eigenvalue weighted by atomic mass is 32.1. The molecule has 7 nitrogen and oxygen atoms in total. The van der Waals surface area contributed by atoms with Crippen molar-refractivity contribution in [3.8, 4) is 0 Å². The lowest BCUT2D eigenvalue weighted by molar-refractivity contribution is 0.0594. The van der Waals surface area contributed by atoms with Crippen molar-refractivity contribution in [2.24, 2.45) is 0 Å². The zero-order valence-corrected chi connectivity index (χ0v) is 15.6. The minimum Gasteiger partial charge on any atom is -0.464 e. The van der Waals surface area contributed by atoms with Crippen LogP contribution in [0.3, 0.4) is 0 Å². The Morgan fingerprint density at radius 3 is 2.74 bits per heavy atom. The van der Waals surface area contributed by atoms with Crippen LogP contribution in [-0.2, 0) is 16.0 Å². The third-order valence-electron chi connectivity index (χ3n) is 3.51. The number of rotatable bonds is 8. The summed E-state index contributed by atoms with van der Waals surface area (Å²) in [7, 11) is 2.80. The van der Waals surface area contributed by atoms with Gasteiger partial charge in [-0.3, -0.25) is 0 Å². The lowest BCUT2D eigenvalue weighted by Crippen LogP contribution is -2.36. The maximum absolute atomic E-state index is 13.8. The van der Waals surface area contributed by atoms with Crippen LogP contribution in [0.4, 0.5) is 19.3 Å². The lowest BCUT2D eigenvalue weighted by atomic mass is 10.3. The van der Waals surface area contributed by atoms with E-state index in [1.807, 2.05) is 0 Å². The average molecular weight is 399 g/mol. The fourth-order valence-electron chi connectivity index (χ4n) is 2.18. The summed E-state index contributed by atoms with van der Waals surface area (Å²) >= 11 is 1.20. The summed E-state index contributed by atoms with van der Waals surface area (Å²) in [5.41, 5.74) is 0.0202. The van der Waals surface area contributed by atoms with Gasteiger partial charge in [0, 0.05) is 31.7 Å². The molecule has 0 bridgehead atoms. The van der Waals surface area contributed by atoms with Crippen molar-refractivity contribution in [2.75, 3.05) is 32.7 Å². The van der Waals surface area contributed by atoms with Gasteiger partial charge < -0.3 is 19.7 Å². The van der Waals surface area contributed by atoms with Gasteiger partial charge in [0.05, 0.1) is 19.3 Å². The largest absolute Gasteiger partial charge is 0.464 e. The molecule has 2 rings (SSSR count). The highest BCUT2D eigenvalue weighted by molar-refractivity contribution is 7.09. The molecule has 0 aliphatic carbocycles. The molecule has 0 aliphatic heterocycles. The number of thiazole rings is 1. The molecule has 0 unspecified atom stereocenters. The van der Waals surface area contributed by atoms with Crippen molar-refractivity contribution in [2.45, 2.75) is 13.0 Å². The van der Waals surface area contributed by atoms with Crippen LogP contribution in [0.5, 0.6) is 0 Å². The first-order chi connectivity index (χ1) is 12.9. The second kappa shape index (κ2) is 9.93. The van der Waals surface area contributed by atoms with Gasteiger partial charge in [-0.25, -0.2) is 23.4 Å². The molecule has 146 valence electrons. The Balaban J connectivity index is 2.11. The van der Waals surface area contributed by atoms with Gasteiger partial charge in [-0.05, 0) is 18.6 Å². The van der Waals surface area contributed by atoms with Crippen LogP contribution < -0.4 is 5.32 Å². The van der Waals surface area contributed by atoms with E-state index in [-0.39, 0.29) is 17.9 Å². The fraction of sp³-hybridized carbons (Fsp3) is 0.353. The number of urea groups is 1. The van der Waals surface area contributed by atoms with Crippen molar-refractivity contribution in [1.29, 1.82) is 0 Å². The molecule has 0 saturated carbocycles. The number of nitrogens with zero attached hydrogens (tertiary/aromatic N) is 2. The highest BCUT2D eigenvalue weighted by Crippen LogP contribution is 2.18. The number of hydrogen-bond donors (Lipinski definition) is 1. The molecule has 0 radical (unpaired) electrons. The minimum absolute atomic E-state index is 0.111. The Labute approximate surface area is 158 Å². The van der Waals surface area contributed by atoms with Crippen molar-refractivity contribution < 1.29 is 27.8 Å². The number of aromatic nitrogens is 1. The number of ether oxygens (including phenoxy) is 2. The summed E-state index contributed by atoms with van der Waals surface area (Å²) in [5.74, 6) is -2.18. The molecule has 1 N–H and O–H groups in total. The summed E-state index contributed by atoms with van der Waals surface area (Å²) in [6, 6.07) is 2.31. The first-order valence-corrected chi connectivity index (χ1v) is 8.85. The van der Waals surface area contributed by atoms with E-state index in [1.54, 1.807) is 7.11 Å². The molecule has 2 aromatic rings. The number of halogens is 2. The van der Waals surface area contributed by atoms with Gasteiger partial charge >= 0.3 is 12.0 Å². The highest BCUT2D eigenvalue weighted by Gasteiger charge is 2.19. The second-order valence-electron chi connectivity index (χ2n) is 5.44. The van der Waals surface area contributed by atoms with Crippen LogP contribution in [0, 0.1) is 11.6 Å². The van der Waals surface area contributed by atoms with Crippen LogP contribution in [-0.4, -0.2) is 49.3 Å². The van der Waals surface area contributed by atoms with E-state index in [0.29, 0.717) is 30.6 Å². The van der Waals surface area contributed by atoms with Crippen LogP contribution in [0.15, 0.2) is 23.6 Å². The van der Waals surface area contributed by atoms with E-state index in [2.05, 4.69) is 15.0 Å². The lowest BCUT2D eigenvalue weighted by Gasteiger charge is -2.22. The molecule has 27 heavy (non-hydrogen) atoms. The number of esters is 1. The third-order valence-corrected chi connectivity index (χ3v) is 4.34. The van der Waals surface area contributed by atoms with Crippen molar-refractivity contribution in [3.05, 3.63) is 45.9 Å². The normalized spacial score (nSPS) is 10.5. The quantitative estimate of drug-likeness (QED) is 0.544. The number of carbonyl (C=O) groups is 2. The van der Waals surface area contributed by atoms with Gasteiger partial charge in [0.25, 0.3) is 0 Å². The van der Waals surface area contributed by atoms with E-state index in [9.17, 15) is 18.4 Å². The van der Waals surface area contributed by atoms with Gasteiger partial charge in [0.15, 0.2) is 5.69 Å². The fourth-order valence-corrected chi connectivity index (χ4v) is 2.96. The topological polar surface area (TPSA) is 80.8 Å². The maximum atomic E-state index is 13.8. The predicted molar refractivity (Wildman–Crippen MR) is 95.7 cm³/mol. The summed E-state index contributed by atoms with van der Waals surface area (Å²) in [5, 5.41) is 4.47. The van der Waals surface area contributed by atoms with E-state index < -0.39 is 23.6 Å². The molecular weight excluding hydrogens is 380 g/mol. The molecule has 2 amide bonds. The van der Waals surface area contributed by atoms with Crippen molar-refractivity contribution in [1.82, 2.24) is 9.88 Å². The van der Waals surface area contributed by atoms with Crippen molar-refractivity contribution >= 4 is 29.0 Å². The van der Waals surface area contributed by atoms with E-state index in [1.165, 1.54) is 28.7 Å². The second-order valence-corrected chi connectivity index (χ2v) is 6.38. The smallest absolute Gasteiger partial charge is 0.357 e. The molecule has 1 aromatic heterocycles. The van der Waals surface area contributed by atoms with Crippen LogP contribution >= 0.6 is 11.3 Å². The Hall–Kier alpha value is -2.59. The molecule has 0 fully saturated rings. The van der Waals surface area contributed by atoms with Crippen molar-refractivity contribution in [3.63, 3.8) is 0 Å². The first-order valence-electron chi connectivity index (χ1n) is 7.97. The zero-order chi connectivity index (χ0) is 19.8. The molecular formula is C17H19F2N3O4S. The first kappa shape index (κ1) is 20.7. The Kier molecular flexibility index (Phi) is 7.62. The number of hydrogen-bond acceptors (Lipinski definition) is 6. The Bertz CT molecular complexity index is 800. The Morgan fingerprint density at radius 2 is 2.07 bits per heavy atom. The van der Waals surface area contributed by atoms with Gasteiger partial charge in [-0.1, -0.05) is 0 Å². The molecule has 1 aromatic carbocycles. The number of carbonyl (C=O) groups excluding carboxylic acids is 2. The standard InChI is InChI=1S/C17H19F2N3O4S/c1-25-7-3-6-22(9-15-20-14(10-27-15)16(23)26-2)17(24)21-13-5-4-11(18)8-12(13)19/h4-5,8,10H,3,6-7,9H2,1-2H3,(H,21,24). The van der Waals surface area contributed by atoms with Gasteiger partial charge in [-0.2, -0.15) is 0 Å². The van der Waals surface area contributed by atoms with E-state index >= 15 is 0 Å².